The maximum atomic E-state index is 11.7. The summed E-state index contributed by atoms with van der Waals surface area (Å²) in [6, 6.07) is 2.01. The zero-order chi connectivity index (χ0) is 12.8. The van der Waals surface area contributed by atoms with Crippen LogP contribution < -0.4 is 5.32 Å². The molecule has 5 heteroatoms. The first-order chi connectivity index (χ1) is 8.02. The number of hydrogen-bond donors (Lipinski definition) is 1. The highest BCUT2D eigenvalue weighted by Gasteiger charge is 2.15. The van der Waals surface area contributed by atoms with Crippen molar-refractivity contribution in [1.82, 2.24) is 15.1 Å². The first-order valence-electron chi connectivity index (χ1n) is 5.88. The molecule has 1 amide bonds. The van der Waals surface area contributed by atoms with E-state index in [1.165, 1.54) is 0 Å². The Labute approximate surface area is 103 Å². The van der Waals surface area contributed by atoms with Crippen LogP contribution in [0.5, 0.6) is 0 Å². The van der Waals surface area contributed by atoms with E-state index >= 15 is 0 Å². The van der Waals surface area contributed by atoms with E-state index in [2.05, 4.69) is 17.3 Å². The Kier molecular flexibility index (Phi) is 4.98. The quantitative estimate of drug-likeness (QED) is 0.560. The van der Waals surface area contributed by atoms with Crippen LogP contribution in [0.3, 0.4) is 0 Å². The zero-order valence-electron chi connectivity index (χ0n) is 10.7. The van der Waals surface area contributed by atoms with E-state index in [1.807, 2.05) is 24.8 Å². The Morgan fingerprint density at radius 3 is 2.41 bits per heavy atom. The van der Waals surface area contributed by atoms with Crippen molar-refractivity contribution in [2.24, 2.45) is 0 Å². The van der Waals surface area contributed by atoms with E-state index in [-0.39, 0.29) is 17.5 Å². The minimum atomic E-state index is -0.290. The summed E-state index contributed by atoms with van der Waals surface area (Å²) in [4.78, 5) is 15.9. The molecule has 0 aromatic heterocycles. The van der Waals surface area contributed by atoms with Gasteiger partial charge in [0.25, 0.3) is 5.91 Å². The summed E-state index contributed by atoms with van der Waals surface area (Å²) in [6.07, 6.45) is 1.67. The van der Waals surface area contributed by atoms with E-state index in [4.69, 9.17) is 5.26 Å². The molecule has 0 aromatic rings. The minimum absolute atomic E-state index is 0.0479. The Bertz CT molecular complexity index is 335. The Morgan fingerprint density at radius 2 is 1.94 bits per heavy atom. The van der Waals surface area contributed by atoms with Gasteiger partial charge in [0.1, 0.15) is 11.6 Å². The minimum Gasteiger partial charge on any atom is -0.374 e. The van der Waals surface area contributed by atoms with E-state index in [1.54, 1.807) is 6.20 Å². The van der Waals surface area contributed by atoms with Gasteiger partial charge in [0.2, 0.25) is 0 Å². The zero-order valence-corrected chi connectivity index (χ0v) is 10.7. The van der Waals surface area contributed by atoms with Crippen molar-refractivity contribution < 1.29 is 4.79 Å². The fraction of sp³-hybridized carbons (Fsp3) is 0.667. The lowest BCUT2D eigenvalue weighted by Crippen LogP contribution is -2.42. The molecule has 17 heavy (non-hydrogen) atoms. The number of piperazine rings is 1. The molecule has 0 unspecified atom stereocenters. The van der Waals surface area contributed by atoms with Crippen LogP contribution in [0.4, 0.5) is 0 Å². The molecule has 1 aliphatic heterocycles. The number of rotatable bonds is 3. The van der Waals surface area contributed by atoms with Gasteiger partial charge < -0.3 is 15.1 Å². The van der Waals surface area contributed by atoms with Crippen LogP contribution in [0.25, 0.3) is 0 Å². The molecule has 0 aromatic carbocycles. The van der Waals surface area contributed by atoms with Crippen LogP contribution in [0.15, 0.2) is 11.8 Å². The summed E-state index contributed by atoms with van der Waals surface area (Å²) in [7, 11) is 2.07. The molecule has 1 N–H and O–H groups in total. The van der Waals surface area contributed by atoms with Crippen LogP contribution >= 0.6 is 0 Å². The molecule has 0 radical (unpaired) electrons. The molecule has 1 rings (SSSR count). The standard InChI is InChI=1S/C12H20N4O/c1-10(2)14-12(17)11(8-13)9-16-6-4-15(3)5-7-16/h9-10H,4-7H2,1-3H3,(H,14,17)/b11-9-. The van der Waals surface area contributed by atoms with Crippen molar-refractivity contribution in [2.75, 3.05) is 33.2 Å². The number of carbonyl (C=O) groups is 1. The van der Waals surface area contributed by atoms with Gasteiger partial charge >= 0.3 is 0 Å². The number of nitrogens with zero attached hydrogens (tertiary/aromatic N) is 3. The third kappa shape index (κ3) is 4.45. The van der Waals surface area contributed by atoms with Crippen molar-refractivity contribution in [3.63, 3.8) is 0 Å². The molecule has 0 atom stereocenters. The third-order valence-corrected chi connectivity index (χ3v) is 2.63. The summed E-state index contributed by atoms with van der Waals surface area (Å²) in [5.74, 6) is -0.290. The van der Waals surface area contributed by atoms with Crippen LogP contribution in [0.1, 0.15) is 13.8 Å². The molecule has 0 bridgehead atoms. The lowest BCUT2D eigenvalue weighted by Gasteiger charge is -2.31. The van der Waals surface area contributed by atoms with Crippen molar-refractivity contribution >= 4 is 5.91 Å². The van der Waals surface area contributed by atoms with Crippen molar-refractivity contribution in [3.8, 4) is 6.07 Å². The average molecular weight is 236 g/mol. The van der Waals surface area contributed by atoms with Crippen molar-refractivity contribution in [1.29, 1.82) is 5.26 Å². The molecule has 1 saturated heterocycles. The van der Waals surface area contributed by atoms with Gasteiger partial charge in [0, 0.05) is 38.4 Å². The molecule has 94 valence electrons. The van der Waals surface area contributed by atoms with Crippen LogP contribution in [0, 0.1) is 11.3 Å². The number of nitriles is 1. The molecule has 1 aliphatic rings. The maximum Gasteiger partial charge on any atom is 0.263 e. The van der Waals surface area contributed by atoms with Crippen LogP contribution in [-0.2, 0) is 4.79 Å². The van der Waals surface area contributed by atoms with Gasteiger partial charge in [-0.05, 0) is 20.9 Å². The predicted molar refractivity (Wildman–Crippen MR) is 66.0 cm³/mol. The normalized spacial score (nSPS) is 18.1. The second-order valence-corrected chi connectivity index (χ2v) is 4.62. The number of hydrogen-bond acceptors (Lipinski definition) is 4. The fourth-order valence-electron chi connectivity index (χ4n) is 1.61. The van der Waals surface area contributed by atoms with Crippen LogP contribution in [-0.4, -0.2) is 55.0 Å². The molecule has 1 fully saturated rings. The fourth-order valence-corrected chi connectivity index (χ4v) is 1.61. The first kappa shape index (κ1) is 13.5. The number of carbonyl (C=O) groups excluding carboxylic acids is 1. The van der Waals surface area contributed by atoms with E-state index in [0.717, 1.165) is 26.2 Å². The Morgan fingerprint density at radius 1 is 1.35 bits per heavy atom. The Balaban J connectivity index is 2.61. The van der Waals surface area contributed by atoms with Gasteiger partial charge in [0.15, 0.2) is 0 Å². The smallest absolute Gasteiger partial charge is 0.263 e. The summed E-state index contributed by atoms with van der Waals surface area (Å²) < 4.78 is 0. The Hall–Kier alpha value is -1.54. The van der Waals surface area contributed by atoms with Gasteiger partial charge in [0.05, 0.1) is 0 Å². The second-order valence-electron chi connectivity index (χ2n) is 4.62. The molecular formula is C12H20N4O. The molecule has 0 saturated carbocycles. The molecule has 0 spiro atoms. The van der Waals surface area contributed by atoms with Gasteiger partial charge in [-0.15, -0.1) is 0 Å². The predicted octanol–water partition coefficient (Wildman–Crippen LogP) is 0.166. The van der Waals surface area contributed by atoms with Gasteiger partial charge in [-0.3, -0.25) is 4.79 Å². The van der Waals surface area contributed by atoms with E-state index in [0.29, 0.717) is 0 Å². The summed E-state index contributed by atoms with van der Waals surface area (Å²) in [6.45, 7) is 7.39. The second kappa shape index (κ2) is 6.26. The molecule has 5 nitrogen and oxygen atoms in total. The highest BCUT2D eigenvalue weighted by Crippen LogP contribution is 2.03. The van der Waals surface area contributed by atoms with Crippen LogP contribution in [0.2, 0.25) is 0 Å². The van der Waals surface area contributed by atoms with Gasteiger partial charge in [-0.1, -0.05) is 0 Å². The van der Waals surface area contributed by atoms with Gasteiger partial charge in [-0.25, -0.2) is 0 Å². The first-order valence-corrected chi connectivity index (χ1v) is 5.88. The largest absolute Gasteiger partial charge is 0.374 e. The lowest BCUT2D eigenvalue weighted by molar-refractivity contribution is -0.117. The highest BCUT2D eigenvalue weighted by atomic mass is 16.1. The molecular weight excluding hydrogens is 216 g/mol. The topological polar surface area (TPSA) is 59.4 Å². The number of nitrogens with one attached hydrogen (secondary N) is 1. The summed E-state index contributed by atoms with van der Waals surface area (Å²) >= 11 is 0. The highest BCUT2D eigenvalue weighted by molar-refractivity contribution is 5.97. The van der Waals surface area contributed by atoms with Gasteiger partial charge in [-0.2, -0.15) is 5.26 Å². The lowest BCUT2D eigenvalue weighted by atomic mass is 10.2. The van der Waals surface area contributed by atoms with E-state index in [9.17, 15) is 4.79 Å². The number of likely N-dealkylation sites (N-methyl/N-ethyl adjacent to an activating group) is 1. The molecule has 0 aliphatic carbocycles. The van der Waals surface area contributed by atoms with E-state index < -0.39 is 0 Å². The average Bonchev–Trinajstić information content (AvgIpc) is 2.27. The SMILES string of the molecule is CC(C)NC(=O)/C(C#N)=C\N1CCN(C)CC1. The number of amides is 1. The molecule has 1 heterocycles. The maximum absolute atomic E-state index is 11.7. The summed E-state index contributed by atoms with van der Waals surface area (Å²) in [5.41, 5.74) is 0.184. The van der Waals surface area contributed by atoms with Crippen molar-refractivity contribution in [3.05, 3.63) is 11.8 Å². The summed E-state index contributed by atoms with van der Waals surface area (Å²) in [5, 5.41) is 11.7. The third-order valence-electron chi connectivity index (χ3n) is 2.63. The van der Waals surface area contributed by atoms with Crippen molar-refractivity contribution in [2.45, 2.75) is 19.9 Å². The monoisotopic (exact) mass is 236 g/mol.